The van der Waals surface area contributed by atoms with E-state index in [-0.39, 0.29) is 19.1 Å². The highest BCUT2D eigenvalue weighted by molar-refractivity contribution is 5.27. The van der Waals surface area contributed by atoms with E-state index in [1.165, 1.54) is 7.11 Å². The fraction of sp³-hybridized carbons (Fsp3) is 0.500. The van der Waals surface area contributed by atoms with Crippen LogP contribution in [0.4, 0.5) is 0 Å². The highest BCUT2D eigenvalue weighted by Gasteiger charge is 2.12. The first-order valence-electron chi connectivity index (χ1n) is 4.48. The maximum absolute atomic E-state index is 9.06. The zero-order valence-corrected chi connectivity index (χ0v) is 8.40. The molecule has 0 aliphatic rings. The largest absolute Gasteiger partial charge is 0.481 e. The third-order valence-corrected chi connectivity index (χ3v) is 2.11. The maximum Gasteiger partial charge on any atom is 0.213 e. The lowest BCUT2D eigenvalue weighted by Gasteiger charge is -2.12. The molecule has 1 rings (SSSR count). The number of nitrogens with zero attached hydrogens (tertiary/aromatic N) is 1. The van der Waals surface area contributed by atoms with Crippen molar-refractivity contribution in [3.05, 3.63) is 23.4 Å². The molecule has 2 N–H and O–H groups in total. The van der Waals surface area contributed by atoms with Gasteiger partial charge in [-0.1, -0.05) is 6.92 Å². The second-order valence-electron chi connectivity index (χ2n) is 3.14. The summed E-state index contributed by atoms with van der Waals surface area (Å²) < 4.78 is 4.97. The Morgan fingerprint density at radius 1 is 1.43 bits per heavy atom. The molecule has 0 aliphatic heterocycles. The molecule has 0 aliphatic carbocycles. The van der Waals surface area contributed by atoms with Crippen LogP contribution in [0.5, 0.6) is 5.88 Å². The van der Waals surface area contributed by atoms with Gasteiger partial charge in [-0.15, -0.1) is 0 Å². The van der Waals surface area contributed by atoms with Crippen molar-refractivity contribution in [2.45, 2.75) is 19.4 Å². The van der Waals surface area contributed by atoms with E-state index >= 15 is 0 Å². The molecule has 0 saturated heterocycles. The number of pyridine rings is 1. The van der Waals surface area contributed by atoms with Crippen LogP contribution in [0.2, 0.25) is 0 Å². The Labute approximate surface area is 83.2 Å². The first-order valence-corrected chi connectivity index (χ1v) is 4.48. The highest BCUT2D eigenvalue weighted by atomic mass is 16.5. The van der Waals surface area contributed by atoms with Crippen molar-refractivity contribution in [2.75, 3.05) is 13.7 Å². The number of hydrogen-bond acceptors (Lipinski definition) is 4. The van der Waals surface area contributed by atoms with Crippen LogP contribution in [0.3, 0.4) is 0 Å². The molecule has 78 valence electrons. The van der Waals surface area contributed by atoms with E-state index in [1.807, 2.05) is 6.92 Å². The first kappa shape index (κ1) is 10.9. The summed E-state index contributed by atoms with van der Waals surface area (Å²) in [6.07, 6.45) is 0. The number of ether oxygens (including phenoxy) is 1. The number of aliphatic hydroxyl groups is 2. The number of aromatic nitrogens is 1. The van der Waals surface area contributed by atoms with Gasteiger partial charge in [-0.3, -0.25) is 0 Å². The third-order valence-electron chi connectivity index (χ3n) is 2.11. The number of rotatable bonds is 4. The van der Waals surface area contributed by atoms with Crippen LogP contribution in [0.25, 0.3) is 0 Å². The Kier molecular flexibility index (Phi) is 3.85. The van der Waals surface area contributed by atoms with Gasteiger partial charge in [-0.25, -0.2) is 4.98 Å². The summed E-state index contributed by atoms with van der Waals surface area (Å²) >= 11 is 0. The van der Waals surface area contributed by atoms with Gasteiger partial charge >= 0.3 is 0 Å². The quantitative estimate of drug-likeness (QED) is 0.745. The number of methoxy groups -OCH3 is 1. The molecule has 1 atom stereocenters. The zero-order chi connectivity index (χ0) is 10.6. The average Bonchev–Trinajstić information content (AvgIpc) is 2.27. The van der Waals surface area contributed by atoms with Crippen LogP contribution in [-0.4, -0.2) is 28.9 Å². The van der Waals surface area contributed by atoms with Gasteiger partial charge in [0.25, 0.3) is 0 Å². The van der Waals surface area contributed by atoms with E-state index in [1.54, 1.807) is 12.1 Å². The van der Waals surface area contributed by atoms with Gasteiger partial charge in [0.2, 0.25) is 5.88 Å². The molecule has 1 unspecified atom stereocenters. The van der Waals surface area contributed by atoms with Gasteiger partial charge in [0, 0.05) is 12.0 Å². The number of aliphatic hydroxyl groups excluding tert-OH is 2. The van der Waals surface area contributed by atoms with E-state index in [4.69, 9.17) is 14.9 Å². The monoisotopic (exact) mass is 197 g/mol. The first-order chi connectivity index (χ1) is 6.72. The lowest BCUT2D eigenvalue weighted by Crippen LogP contribution is -2.07. The minimum absolute atomic E-state index is 0.00711. The number of hydrogen-bond donors (Lipinski definition) is 2. The molecule has 4 heteroatoms. The Hall–Kier alpha value is -1.13. The third kappa shape index (κ3) is 2.21. The molecule has 0 amide bonds. The maximum atomic E-state index is 9.06. The van der Waals surface area contributed by atoms with Crippen molar-refractivity contribution in [1.29, 1.82) is 0 Å². The van der Waals surface area contributed by atoms with Gasteiger partial charge in [0.1, 0.15) is 0 Å². The topological polar surface area (TPSA) is 62.6 Å². The standard InChI is InChI=1S/C10H15NO3/c1-7(5-12)10-8(6-13)3-4-9(11-10)14-2/h3-4,7,12-13H,5-6H2,1-2H3. The van der Waals surface area contributed by atoms with Gasteiger partial charge < -0.3 is 14.9 Å². The van der Waals surface area contributed by atoms with Gasteiger partial charge in [0.15, 0.2) is 0 Å². The molecule has 1 aromatic rings. The van der Waals surface area contributed by atoms with Crippen LogP contribution in [0, 0.1) is 0 Å². The molecular weight excluding hydrogens is 182 g/mol. The second kappa shape index (κ2) is 4.93. The summed E-state index contributed by atoms with van der Waals surface area (Å²) in [6, 6.07) is 3.45. The smallest absolute Gasteiger partial charge is 0.213 e. The van der Waals surface area contributed by atoms with E-state index in [9.17, 15) is 0 Å². The van der Waals surface area contributed by atoms with E-state index in [0.717, 1.165) is 5.56 Å². The minimum Gasteiger partial charge on any atom is -0.481 e. The van der Waals surface area contributed by atoms with Crippen molar-refractivity contribution < 1.29 is 14.9 Å². The fourth-order valence-electron chi connectivity index (χ4n) is 1.25. The molecule has 0 radical (unpaired) electrons. The summed E-state index contributed by atoms with van der Waals surface area (Å²) in [7, 11) is 1.54. The molecule has 14 heavy (non-hydrogen) atoms. The summed E-state index contributed by atoms with van der Waals surface area (Å²) in [4.78, 5) is 4.19. The van der Waals surface area contributed by atoms with Crippen LogP contribution in [0.15, 0.2) is 12.1 Å². The van der Waals surface area contributed by atoms with Gasteiger partial charge in [0.05, 0.1) is 26.0 Å². The molecule has 1 aromatic heterocycles. The Morgan fingerprint density at radius 2 is 2.14 bits per heavy atom. The SMILES string of the molecule is COc1ccc(CO)c(C(C)CO)n1. The average molecular weight is 197 g/mol. The Morgan fingerprint density at radius 3 is 2.64 bits per heavy atom. The van der Waals surface area contributed by atoms with Gasteiger partial charge in [-0.2, -0.15) is 0 Å². The summed E-state index contributed by atoms with van der Waals surface area (Å²) in [5, 5.41) is 18.1. The molecule has 0 fully saturated rings. The lowest BCUT2D eigenvalue weighted by atomic mass is 10.0. The Balaban J connectivity index is 3.08. The normalized spacial score (nSPS) is 12.6. The second-order valence-corrected chi connectivity index (χ2v) is 3.14. The highest BCUT2D eigenvalue weighted by Crippen LogP contribution is 2.20. The van der Waals surface area contributed by atoms with Crippen molar-refractivity contribution in [3.8, 4) is 5.88 Å². The lowest BCUT2D eigenvalue weighted by molar-refractivity contribution is 0.259. The fourth-order valence-corrected chi connectivity index (χ4v) is 1.25. The molecule has 0 saturated carbocycles. The zero-order valence-electron chi connectivity index (χ0n) is 8.40. The van der Waals surface area contributed by atoms with Crippen molar-refractivity contribution in [2.24, 2.45) is 0 Å². The summed E-state index contributed by atoms with van der Waals surface area (Å²) in [5.74, 6) is 0.407. The van der Waals surface area contributed by atoms with Crippen LogP contribution >= 0.6 is 0 Å². The van der Waals surface area contributed by atoms with Crippen LogP contribution in [0.1, 0.15) is 24.1 Å². The van der Waals surface area contributed by atoms with Crippen molar-refractivity contribution >= 4 is 0 Å². The van der Waals surface area contributed by atoms with Crippen molar-refractivity contribution in [3.63, 3.8) is 0 Å². The molecule has 0 spiro atoms. The summed E-state index contributed by atoms with van der Waals surface area (Å²) in [6.45, 7) is 1.78. The van der Waals surface area contributed by atoms with Gasteiger partial charge in [-0.05, 0) is 11.6 Å². The Bertz CT molecular complexity index is 301. The molecule has 0 bridgehead atoms. The van der Waals surface area contributed by atoms with E-state index in [0.29, 0.717) is 11.6 Å². The predicted molar refractivity (Wildman–Crippen MR) is 52.2 cm³/mol. The molecule has 1 heterocycles. The van der Waals surface area contributed by atoms with Crippen LogP contribution < -0.4 is 4.74 Å². The predicted octanol–water partition coefficient (Wildman–Crippen LogP) is 0.678. The summed E-state index contributed by atoms with van der Waals surface area (Å²) in [5.41, 5.74) is 1.42. The molecule has 0 aromatic carbocycles. The van der Waals surface area contributed by atoms with Crippen LogP contribution in [-0.2, 0) is 6.61 Å². The van der Waals surface area contributed by atoms with Crippen molar-refractivity contribution in [1.82, 2.24) is 4.98 Å². The minimum atomic E-state index is -0.0905. The molecule has 4 nitrogen and oxygen atoms in total. The van der Waals surface area contributed by atoms with E-state index < -0.39 is 0 Å². The molecular formula is C10H15NO3. The van der Waals surface area contributed by atoms with E-state index in [2.05, 4.69) is 4.98 Å².